The van der Waals surface area contributed by atoms with Crippen molar-refractivity contribution in [1.29, 1.82) is 0 Å². The van der Waals surface area contributed by atoms with Gasteiger partial charge in [-0.1, -0.05) is 25.4 Å². The molecule has 0 aliphatic heterocycles. The predicted molar refractivity (Wildman–Crippen MR) is 80.8 cm³/mol. The van der Waals surface area contributed by atoms with Gasteiger partial charge in [0.15, 0.2) is 0 Å². The summed E-state index contributed by atoms with van der Waals surface area (Å²) in [4.78, 5) is 33.9. The Balaban J connectivity index is 2.94. The quantitative estimate of drug-likeness (QED) is 0.491. The monoisotopic (exact) mass is 328 g/mol. The Bertz CT molecular complexity index is 589. The number of hydrogen-bond acceptors (Lipinski definition) is 5. The maximum atomic E-state index is 12.2. The minimum atomic E-state index is -0.802. The fraction of sp³-hybridized carbons (Fsp3) is 0.429. The van der Waals surface area contributed by atoms with Gasteiger partial charge >= 0.3 is 5.97 Å². The summed E-state index contributed by atoms with van der Waals surface area (Å²) >= 11 is 5.89. The molecular weight excluding hydrogens is 312 g/mol. The van der Waals surface area contributed by atoms with Crippen LogP contribution in [0, 0.1) is 16.0 Å². The molecule has 1 atom stereocenters. The molecule has 0 aliphatic carbocycles. The lowest BCUT2D eigenvalue weighted by Crippen LogP contribution is -2.42. The van der Waals surface area contributed by atoms with Gasteiger partial charge in [-0.25, -0.2) is 4.79 Å². The fourth-order valence-corrected chi connectivity index (χ4v) is 2.13. The van der Waals surface area contributed by atoms with Crippen LogP contribution in [0.15, 0.2) is 18.2 Å². The molecule has 0 radical (unpaired) electrons. The molecule has 8 heteroatoms. The second-order valence-corrected chi connectivity index (χ2v) is 5.51. The smallest absolute Gasteiger partial charge is 0.328 e. The summed E-state index contributed by atoms with van der Waals surface area (Å²) in [5.41, 5.74) is -0.154. The topological polar surface area (TPSA) is 98.5 Å². The van der Waals surface area contributed by atoms with Crippen molar-refractivity contribution in [3.8, 4) is 0 Å². The average molecular weight is 329 g/mol. The van der Waals surface area contributed by atoms with E-state index in [2.05, 4.69) is 10.1 Å². The van der Waals surface area contributed by atoms with E-state index >= 15 is 0 Å². The van der Waals surface area contributed by atoms with Crippen LogP contribution in [0.25, 0.3) is 0 Å². The Kier molecular flexibility index (Phi) is 6.30. The van der Waals surface area contributed by atoms with Gasteiger partial charge in [0.1, 0.15) is 6.04 Å². The Morgan fingerprint density at radius 1 is 1.41 bits per heavy atom. The molecule has 120 valence electrons. The molecule has 0 aromatic heterocycles. The summed E-state index contributed by atoms with van der Waals surface area (Å²) in [5, 5.41) is 13.1. The first kappa shape index (κ1) is 17.9. The van der Waals surface area contributed by atoms with Gasteiger partial charge in [-0.2, -0.15) is 0 Å². The number of hydrogen-bond donors (Lipinski definition) is 1. The summed E-state index contributed by atoms with van der Waals surface area (Å²) in [5.74, 6) is -0.979. The highest BCUT2D eigenvalue weighted by Gasteiger charge is 2.24. The van der Waals surface area contributed by atoms with E-state index in [1.165, 1.54) is 19.2 Å². The van der Waals surface area contributed by atoms with Crippen LogP contribution in [0.2, 0.25) is 5.02 Å². The van der Waals surface area contributed by atoms with E-state index in [0.29, 0.717) is 6.42 Å². The van der Waals surface area contributed by atoms with E-state index in [-0.39, 0.29) is 22.2 Å². The molecule has 0 fully saturated rings. The van der Waals surface area contributed by atoms with Crippen molar-refractivity contribution in [3.05, 3.63) is 38.9 Å². The van der Waals surface area contributed by atoms with Gasteiger partial charge in [-0.15, -0.1) is 0 Å². The molecule has 1 N–H and O–H groups in total. The minimum absolute atomic E-state index is 0.0557. The minimum Gasteiger partial charge on any atom is -0.467 e. The zero-order chi connectivity index (χ0) is 16.9. The van der Waals surface area contributed by atoms with E-state index in [9.17, 15) is 19.7 Å². The first-order chi connectivity index (χ1) is 10.3. The van der Waals surface area contributed by atoms with Crippen LogP contribution in [0.4, 0.5) is 5.69 Å². The second-order valence-electron chi connectivity index (χ2n) is 5.10. The molecule has 1 amide bonds. The lowest BCUT2D eigenvalue weighted by atomic mass is 10.0. The highest BCUT2D eigenvalue weighted by atomic mass is 35.5. The summed E-state index contributed by atoms with van der Waals surface area (Å²) in [6, 6.07) is 2.71. The van der Waals surface area contributed by atoms with E-state index in [0.717, 1.165) is 6.07 Å². The summed E-state index contributed by atoms with van der Waals surface area (Å²) < 4.78 is 4.65. The number of methoxy groups -OCH3 is 1. The van der Waals surface area contributed by atoms with Crippen LogP contribution in [0.1, 0.15) is 30.6 Å². The van der Waals surface area contributed by atoms with Crippen molar-refractivity contribution < 1.29 is 19.2 Å². The molecule has 7 nitrogen and oxygen atoms in total. The van der Waals surface area contributed by atoms with Gasteiger partial charge in [0, 0.05) is 12.1 Å². The number of benzene rings is 1. The zero-order valence-electron chi connectivity index (χ0n) is 12.5. The molecule has 1 aromatic rings. The van der Waals surface area contributed by atoms with Crippen LogP contribution in [0.5, 0.6) is 0 Å². The van der Waals surface area contributed by atoms with Crippen molar-refractivity contribution in [3.63, 3.8) is 0 Å². The largest absolute Gasteiger partial charge is 0.467 e. The van der Waals surface area contributed by atoms with Crippen molar-refractivity contribution in [1.82, 2.24) is 5.32 Å². The SMILES string of the molecule is COC(=O)[C@@H](CC(C)C)NC(=O)c1ccc([N+](=O)[O-])cc1Cl. The highest BCUT2D eigenvalue weighted by molar-refractivity contribution is 6.34. The standard InChI is InChI=1S/C14H17ClN2O5/c1-8(2)6-12(14(19)22-3)16-13(18)10-5-4-9(17(20)21)7-11(10)15/h4-5,7-8,12H,6H2,1-3H3,(H,16,18)/t12-/m1/s1. The van der Waals surface area contributed by atoms with Crippen molar-refractivity contribution in [2.24, 2.45) is 5.92 Å². The van der Waals surface area contributed by atoms with E-state index in [1.807, 2.05) is 13.8 Å². The van der Waals surface area contributed by atoms with Crippen LogP contribution in [-0.4, -0.2) is 30.0 Å². The van der Waals surface area contributed by atoms with Gasteiger partial charge in [0.05, 0.1) is 22.6 Å². The van der Waals surface area contributed by atoms with Crippen LogP contribution in [-0.2, 0) is 9.53 Å². The lowest BCUT2D eigenvalue weighted by Gasteiger charge is -2.18. The Labute approximate surface area is 132 Å². The molecule has 0 saturated carbocycles. The number of amides is 1. The number of halogens is 1. The zero-order valence-corrected chi connectivity index (χ0v) is 13.2. The van der Waals surface area contributed by atoms with Crippen LogP contribution in [0.3, 0.4) is 0 Å². The number of non-ortho nitro benzene ring substituents is 1. The molecule has 0 spiro atoms. The van der Waals surface area contributed by atoms with Gasteiger partial charge in [-0.05, 0) is 18.4 Å². The normalized spacial score (nSPS) is 11.9. The first-order valence-corrected chi connectivity index (χ1v) is 6.96. The maximum absolute atomic E-state index is 12.2. The number of carbonyl (C=O) groups excluding carboxylic acids is 2. The van der Waals surface area contributed by atoms with Crippen LogP contribution < -0.4 is 5.32 Å². The predicted octanol–water partition coefficient (Wildman–Crippen LogP) is 2.57. The van der Waals surface area contributed by atoms with Gasteiger partial charge in [0.25, 0.3) is 11.6 Å². The molecule has 0 bridgehead atoms. The fourth-order valence-electron chi connectivity index (χ4n) is 1.87. The molecule has 1 aromatic carbocycles. The molecule has 0 saturated heterocycles. The van der Waals surface area contributed by atoms with Gasteiger partial charge in [-0.3, -0.25) is 14.9 Å². The first-order valence-electron chi connectivity index (χ1n) is 6.58. The Morgan fingerprint density at radius 3 is 2.50 bits per heavy atom. The molecule has 22 heavy (non-hydrogen) atoms. The van der Waals surface area contributed by atoms with Gasteiger partial charge in [0.2, 0.25) is 0 Å². The molecule has 0 unspecified atom stereocenters. The summed E-state index contributed by atoms with van der Waals surface area (Å²) in [7, 11) is 1.24. The van der Waals surface area contributed by atoms with Gasteiger partial charge < -0.3 is 10.1 Å². The van der Waals surface area contributed by atoms with Crippen molar-refractivity contribution in [2.75, 3.05) is 7.11 Å². The number of rotatable bonds is 6. The third kappa shape index (κ3) is 4.70. The van der Waals surface area contributed by atoms with Crippen molar-refractivity contribution in [2.45, 2.75) is 26.3 Å². The maximum Gasteiger partial charge on any atom is 0.328 e. The number of nitro groups is 1. The third-order valence-electron chi connectivity index (χ3n) is 2.91. The number of nitro benzene ring substituents is 1. The molecular formula is C14H17ClN2O5. The highest BCUT2D eigenvalue weighted by Crippen LogP contribution is 2.22. The number of nitrogens with one attached hydrogen (secondary N) is 1. The summed E-state index contributed by atoms with van der Waals surface area (Å²) in [6.07, 6.45) is 0.406. The number of esters is 1. The average Bonchev–Trinajstić information content (AvgIpc) is 2.44. The summed E-state index contributed by atoms with van der Waals surface area (Å²) in [6.45, 7) is 3.81. The molecule has 1 rings (SSSR count). The number of carbonyl (C=O) groups is 2. The second kappa shape index (κ2) is 7.74. The third-order valence-corrected chi connectivity index (χ3v) is 3.22. The lowest BCUT2D eigenvalue weighted by molar-refractivity contribution is -0.384. The molecule has 0 heterocycles. The number of ether oxygens (including phenoxy) is 1. The van der Waals surface area contributed by atoms with E-state index < -0.39 is 22.8 Å². The van der Waals surface area contributed by atoms with Crippen molar-refractivity contribution >= 4 is 29.2 Å². The van der Waals surface area contributed by atoms with Crippen LogP contribution >= 0.6 is 11.6 Å². The number of nitrogens with zero attached hydrogens (tertiary/aromatic N) is 1. The van der Waals surface area contributed by atoms with E-state index in [1.54, 1.807) is 0 Å². The Morgan fingerprint density at radius 2 is 2.05 bits per heavy atom. The van der Waals surface area contributed by atoms with E-state index in [4.69, 9.17) is 11.6 Å². The Hall–Kier alpha value is -2.15. The molecule has 0 aliphatic rings.